The minimum Gasteiger partial charge on any atom is -0.161 e. The maximum atomic E-state index is 4.89. The van der Waals surface area contributed by atoms with Crippen LogP contribution in [0.4, 0.5) is 0 Å². The predicted molar refractivity (Wildman–Crippen MR) is 157 cm³/mol. The van der Waals surface area contributed by atoms with Gasteiger partial charge in [-0.25, -0.2) is 0 Å². The average molecular weight is 565 g/mol. The van der Waals surface area contributed by atoms with Gasteiger partial charge in [0.05, 0.1) is 0 Å². The molecular weight excluding hydrogens is 522 g/mol. The van der Waals surface area contributed by atoms with Gasteiger partial charge in [-0.3, -0.25) is 0 Å². The van der Waals surface area contributed by atoms with E-state index in [1.54, 1.807) is 5.30 Å². The van der Waals surface area contributed by atoms with Gasteiger partial charge in [-0.15, -0.1) is 40.3 Å². The first-order valence-electron chi connectivity index (χ1n) is 13.5. The fraction of sp³-hybridized carbons (Fsp3) is 0.548. The van der Waals surface area contributed by atoms with Crippen LogP contribution in [0.1, 0.15) is 92.0 Å². The Morgan fingerprint density at radius 3 is 1.66 bits per heavy atom. The van der Waals surface area contributed by atoms with Gasteiger partial charge in [0.15, 0.2) is 0 Å². The second-order valence-electron chi connectivity index (χ2n) is 10.5. The van der Waals surface area contributed by atoms with Crippen molar-refractivity contribution in [1.29, 1.82) is 0 Å². The molecule has 2 aliphatic rings. The van der Waals surface area contributed by atoms with Crippen LogP contribution in [-0.2, 0) is 17.0 Å². The maximum absolute atomic E-state index is 4.89. The van der Waals surface area contributed by atoms with Gasteiger partial charge in [0, 0.05) is 0 Å². The summed E-state index contributed by atoms with van der Waals surface area (Å²) in [5.74, 6) is 0. The molecule has 35 heavy (non-hydrogen) atoms. The summed E-state index contributed by atoms with van der Waals surface area (Å²) in [7, 11) is 9.84. The van der Waals surface area contributed by atoms with E-state index >= 15 is 0 Å². The van der Waals surface area contributed by atoms with Crippen LogP contribution in [-0.4, -0.2) is 11.3 Å². The van der Waals surface area contributed by atoms with Crippen molar-refractivity contribution < 1.29 is 17.0 Å². The van der Waals surface area contributed by atoms with Gasteiger partial charge in [-0.1, -0.05) is 87.1 Å². The number of halogens is 2. The summed E-state index contributed by atoms with van der Waals surface area (Å²) in [6.07, 6.45) is 14.9. The van der Waals surface area contributed by atoms with E-state index in [4.69, 9.17) is 18.6 Å². The monoisotopic (exact) mass is 564 g/mol. The van der Waals surface area contributed by atoms with Crippen LogP contribution in [0.3, 0.4) is 0 Å². The molecule has 4 heteroatoms. The Balaban J connectivity index is 0.000000221. The molecule has 0 saturated heterocycles. The predicted octanol–water partition coefficient (Wildman–Crippen LogP) is 10.7. The molecule has 2 fully saturated rings. The van der Waals surface area contributed by atoms with Gasteiger partial charge in [-0.05, 0) is 37.0 Å². The molecule has 2 saturated carbocycles. The zero-order valence-electron chi connectivity index (χ0n) is 22.4. The van der Waals surface area contributed by atoms with E-state index in [1.807, 2.05) is 0 Å². The summed E-state index contributed by atoms with van der Waals surface area (Å²) < 4.78 is 0. The van der Waals surface area contributed by atoms with Crippen molar-refractivity contribution in [2.24, 2.45) is 0 Å². The first-order chi connectivity index (χ1) is 16.9. The van der Waals surface area contributed by atoms with E-state index < -0.39 is 17.0 Å². The van der Waals surface area contributed by atoms with Gasteiger partial charge in [0.25, 0.3) is 0 Å². The van der Waals surface area contributed by atoms with E-state index in [9.17, 15) is 0 Å². The first-order valence-corrected chi connectivity index (χ1v) is 19.3. The minimum atomic E-state index is -0.556. The minimum absolute atomic E-state index is 0.0611. The molecule has 0 N–H and O–H groups in total. The topological polar surface area (TPSA) is 0 Å². The third kappa shape index (κ3) is 7.71. The average Bonchev–Trinajstić information content (AvgIpc) is 3.38. The van der Waals surface area contributed by atoms with E-state index in [0.29, 0.717) is 0 Å². The summed E-state index contributed by atoms with van der Waals surface area (Å²) in [5, 5.41) is 4.67. The van der Waals surface area contributed by atoms with Crippen molar-refractivity contribution in [1.82, 2.24) is 0 Å². The Labute approximate surface area is 232 Å². The summed E-state index contributed by atoms with van der Waals surface area (Å²) >= 11 is -0.556. The molecule has 0 heterocycles. The summed E-state index contributed by atoms with van der Waals surface area (Å²) in [4.78, 5) is 0. The summed E-state index contributed by atoms with van der Waals surface area (Å²) in [5.41, 5.74) is 9.37. The van der Waals surface area contributed by atoms with Crippen molar-refractivity contribution in [3.05, 3.63) is 64.2 Å². The number of fused-ring (bicyclic) bond motifs is 1. The van der Waals surface area contributed by atoms with E-state index in [1.165, 1.54) is 103 Å². The SMILES string of the molecule is Cc1c(C)c(C)[c-](C)c1C.[Cl][Ti][Cl].c1ccc2[cH-]c(P(C3CCCCC3)C3CCCCC3)cc2c1. The molecule has 0 bridgehead atoms. The fourth-order valence-corrected chi connectivity index (χ4v) is 9.99. The number of hydrogen-bond acceptors (Lipinski definition) is 0. The maximum Gasteiger partial charge on any atom is -0.0181 e. The molecule has 2 aliphatic carbocycles. The largest absolute Gasteiger partial charge is 0.161 e. The Kier molecular flexibility index (Phi) is 12.4. The third-order valence-corrected chi connectivity index (χ3v) is 12.1. The molecule has 0 aromatic heterocycles. The fourth-order valence-electron chi connectivity index (χ4n) is 6.13. The van der Waals surface area contributed by atoms with Crippen LogP contribution in [0, 0.1) is 34.6 Å². The number of hydrogen-bond donors (Lipinski definition) is 0. The Bertz CT molecular complexity index is 907. The second-order valence-corrected chi connectivity index (χ2v) is 15.9. The Morgan fingerprint density at radius 1 is 0.800 bits per heavy atom. The van der Waals surface area contributed by atoms with Crippen molar-refractivity contribution in [2.75, 3.05) is 0 Å². The van der Waals surface area contributed by atoms with Crippen LogP contribution in [0.15, 0.2) is 36.4 Å². The smallest absolute Gasteiger partial charge is 0.0181 e. The van der Waals surface area contributed by atoms with Crippen LogP contribution >= 0.6 is 26.5 Å². The van der Waals surface area contributed by atoms with E-state index in [2.05, 4.69) is 71.0 Å². The van der Waals surface area contributed by atoms with E-state index in [-0.39, 0.29) is 7.92 Å². The quantitative estimate of drug-likeness (QED) is 0.168. The van der Waals surface area contributed by atoms with Crippen LogP contribution in [0.2, 0.25) is 0 Å². The zero-order valence-corrected chi connectivity index (χ0v) is 26.4. The van der Waals surface area contributed by atoms with Crippen LogP contribution in [0.25, 0.3) is 10.8 Å². The van der Waals surface area contributed by atoms with Gasteiger partial charge in [-0.2, -0.15) is 33.9 Å². The molecule has 0 radical (unpaired) electrons. The standard InChI is InChI=1S/C21H28P.C10H15.2ClH.Ti/c1-3-11-19(12-4-1)22(20-13-5-2-6-14-20)21-15-17-9-7-8-10-18(17)16-21;1-6-7(2)9(4)10(5)8(6)3;;;/h7-10,15-16,19-20H,1-6,11-14H2;1-5H3;2*1H;/q2*-1;;;+2/p-2. The molecule has 0 atom stereocenters. The molecule has 0 spiro atoms. The first kappa shape index (κ1) is 29.5. The van der Waals surface area contributed by atoms with Gasteiger partial charge < -0.3 is 0 Å². The number of benzene rings is 1. The van der Waals surface area contributed by atoms with Gasteiger partial charge in [0.1, 0.15) is 0 Å². The molecule has 192 valence electrons. The molecule has 0 aliphatic heterocycles. The molecule has 3 aromatic carbocycles. The van der Waals surface area contributed by atoms with Crippen molar-refractivity contribution in [3.63, 3.8) is 0 Å². The molecule has 0 unspecified atom stereocenters. The van der Waals surface area contributed by atoms with Gasteiger partial charge >= 0.3 is 35.6 Å². The number of rotatable bonds is 3. The molecular formula is C31H43Cl2PTi-2. The van der Waals surface area contributed by atoms with Crippen molar-refractivity contribution in [2.45, 2.75) is 110 Å². The summed E-state index contributed by atoms with van der Waals surface area (Å²) in [6, 6.07) is 14.1. The van der Waals surface area contributed by atoms with Gasteiger partial charge in [0.2, 0.25) is 0 Å². The molecule has 5 rings (SSSR count). The Hall–Kier alpha value is -0.0957. The van der Waals surface area contributed by atoms with E-state index in [0.717, 1.165) is 11.3 Å². The van der Waals surface area contributed by atoms with Crippen molar-refractivity contribution >= 4 is 42.6 Å². The van der Waals surface area contributed by atoms with Crippen LogP contribution in [0.5, 0.6) is 0 Å². The molecule has 3 aromatic rings. The van der Waals surface area contributed by atoms with Crippen LogP contribution < -0.4 is 5.30 Å². The molecule has 0 nitrogen and oxygen atoms in total. The Morgan fingerprint density at radius 2 is 1.26 bits per heavy atom. The van der Waals surface area contributed by atoms with Crippen molar-refractivity contribution in [3.8, 4) is 0 Å². The normalized spacial score (nSPS) is 17.0. The third-order valence-electron chi connectivity index (χ3n) is 8.65. The second kappa shape index (κ2) is 14.7. The zero-order chi connectivity index (χ0) is 25.4. The summed E-state index contributed by atoms with van der Waals surface area (Å²) in [6.45, 7) is 11.0. The molecule has 0 amide bonds.